The van der Waals surface area contributed by atoms with E-state index >= 15 is 0 Å². The van der Waals surface area contributed by atoms with Crippen molar-refractivity contribution in [2.75, 3.05) is 26.7 Å². The first-order chi connectivity index (χ1) is 14.1. The summed E-state index contributed by atoms with van der Waals surface area (Å²) in [5.41, 5.74) is -0.603. The third-order valence-corrected chi connectivity index (χ3v) is 5.29. The first-order valence-electron chi connectivity index (χ1n) is 10.6. The lowest BCUT2D eigenvalue weighted by molar-refractivity contribution is -0.132. The van der Waals surface area contributed by atoms with Crippen LogP contribution in [0.1, 0.15) is 68.4 Å². The van der Waals surface area contributed by atoms with Crippen LogP contribution in [-0.2, 0) is 16.1 Å². The number of rotatable bonds is 10. The predicted octanol–water partition coefficient (Wildman–Crippen LogP) is 1.43. The highest BCUT2D eigenvalue weighted by Crippen LogP contribution is 2.26. The zero-order valence-corrected chi connectivity index (χ0v) is 18.9. The van der Waals surface area contributed by atoms with Gasteiger partial charge in [-0.3, -0.25) is 19.1 Å². The van der Waals surface area contributed by atoms with Crippen LogP contribution in [0.2, 0.25) is 0 Å². The molecule has 0 spiro atoms. The number of nitrogens with zero attached hydrogens (tertiary/aromatic N) is 3. The van der Waals surface area contributed by atoms with E-state index in [4.69, 9.17) is 4.74 Å². The molecular formula is C21H35N5O4. The van der Waals surface area contributed by atoms with Gasteiger partial charge >= 0.3 is 0 Å². The van der Waals surface area contributed by atoms with Crippen LogP contribution in [0.4, 0.5) is 0 Å². The molecule has 0 unspecified atom stereocenters. The largest absolute Gasteiger partial charge is 0.379 e. The first kappa shape index (κ1) is 23.9. The summed E-state index contributed by atoms with van der Waals surface area (Å²) in [4.78, 5) is 39.5. The Morgan fingerprint density at radius 2 is 1.93 bits per heavy atom. The maximum atomic E-state index is 12.9. The van der Waals surface area contributed by atoms with Crippen LogP contribution in [0.25, 0.3) is 0 Å². The first-order valence-corrected chi connectivity index (χ1v) is 10.6. The smallest absolute Gasteiger partial charge is 0.272 e. The minimum Gasteiger partial charge on any atom is -0.379 e. The molecule has 1 aromatic rings. The molecule has 9 nitrogen and oxygen atoms in total. The summed E-state index contributed by atoms with van der Waals surface area (Å²) in [6.45, 7) is 11.6. The van der Waals surface area contributed by atoms with Gasteiger partial charge in [-0.15, -0.1) is 0 Å². The zero-order chi connectivity index (χ0) is 22.5. The van der Waals surface area contributed by atoms with E-state index in [0.29, 0.717) is 37.7 Å². The Balaban J connectivity index is 2.04. The molecule has 1 aromatic heterocycles. The maximum absolute atomic E-state index is 12.9. The fourth-order valence-corrected chi connectivity index (χ4v) is 3.19. The molecule has 2 heterocycles. The number of amides is 3. The van der Waals surface area contributed by atoms with Gasteiger partial charge in [0.1, 0.15) is 11.2 Å². The fourth-order valence-electron chi connectivity index (χ4n) is 3.19. The Morgan fingerprint density at radius 1 is 1.23 bits per heavy atom. The van der Waals surface area contributed by atoms with Gasteiger partial charge in [-0.1, -0.05) is 13.8 Å². The summed E-state index contributed by atoms with van der Waals surface area (Å²) < 4.78 is 6.91. The van der Waals surface area contributed by atoms with Gasteiger partial charge in [0.2, 0.25) is 5.91 Å². The Hall–Kier alpha value is -2.42. The van der Waals surface area contributed by atoms with Crippen LogP contribution < -0.4 is 10.6 Å². The van der Waals surface area contributed by atoms with Crippen molar-refractivity contribution < 1.29 is 19.1 Å². The lowest BCUT2D eigenvalue weighted by Crippen LogP contribution is -2.62. The molecule has 30 heavy (non-hydrogen) atoms. The molecule has 0 bridgehead atoms. The number of hydrogen-bond acceptors (Lipinski definition) is 5. The summed E-state index contributed by atoms with van der Waals surface area (Å²) in [6.07, 6.45) is 1.70. The SMILES string of the molecule is CC(C)CCNC(=O)[C@]1(C)Cn2nc(C(=O)NCCCOC(C)C)cc2C(=O)N1C. The second-order valence-corrected chi connectivity index (χ2v) is 8.68. The van der Waals surface area contributed by atoms with Crippen molar-refractivity contribution in [2.24, 2.45) is 5.92 Å². The fraction of sp³-hybridized carbons (Fsp3) is 0.714. The van der Waals surface area contributed by atoms with Crippen LogP contribution in [0, 0.1) is 5.92 Å². The van der Waals surface area contributed by atoms with E-state index in [1.807, 2.05) is 13.8 Å². The average molecular weight is 422 g/mol. The van der Waals surface area contributed by atoms with Crippen molar-refractivity contribution in [3.8, 4) is 0 Å². The van der Waals surface area contributed by atoms with Crippen molar-refractivity contribution in [3.05, 3.63) is 17.5 Å². The summed E-state index contributed by atoms with van der Waals surface area (Å²) in [7, 11) is 1.61. The minimum absolute atomic E-state index is 0.153. The van der Waals surface area contributed by atoms with Crippen molar-refractivity contribution in [3.63, 3.8) is 0 Å². The molecule has 0 aliphatic carbocycles. The summed E-state index contributed by atoms with van der Waals surface area (Å²) in [6, 6.07) is 1.48. The van der Waals surface area contributed by atoms with Crippen LogP contribution in [-0.4, -0.2) is 70.8 Å². The minimum atomic E-state index is -1.07. The number of ether oxygens (including phenoxy) is 1. The molecule has 3 amide bonds. The summed E-state index contributed by atoms with van der Waals surface area (Å²) >= 11 is 0. The predicted molar refractivity (Wildman–Crippen MR) is 113 cm³/mol. The van der Waals surface area contributed by atoms with Gasteiger partial charge in [-0.25, -0.2) is 0 Å². The van der Waals surface area contributed by atoms with Crippen LogP contribution >= 0.6 is 0 Å². The van der Waals surface area contributed by atoms with Crippen LogP contribution in [0.5, 0.6) is 0 Å². The van der Waals surface area contributed by atoms with Crippen molar-refractivity contribution in [2.45, 2.75) is 65.6 Å². The number of likely N-dealkylation sites (N-methyl/N-ethyl adjacent to an activating group) is 1. The van der Waals surface area contributed by atoms with Crippen molar-refractivity contribution >= 4 is 17.7 Å². The number of carbonyl (C=O) groups excluding carboxylic acids is 3. The van der Waals surface area contributed by atoms with E-state index in [0.717, 1.165) is 6.42 Å². The van der Waals surface area contributed by atoms with Gasteiger partial charge < -0.3 is 20.3 Å². The van der Waals surface area contributed by atoms with E-state index < -0.39 is 5.54 Å². The molecule has 1 aliphatic heterocycles. The van der Waals surface area contributed by atoms with Gasteiger partial charge in [0.15, 0.2) is 5.69 Å². The summed E-state index contributed by atoms with van der Waals surface area (Å²) in [5, 5.41) is 10.0. The van der Waals surface area contributed by atoms with E-state index in [2.05, 4.69) is 29.6 Å². The highest BCUT2D eigenvalue weighted by molar-refractivity contribution is 6.01. The van der Waals surface area contributed by atoms with Crippen molar-refractivity contribution in [1.82, 2.24) is 25.3 Å². The van der Waals surface area contributed by atoms with Gasteiger partial charge in [-0.2, -0.15) is 5.10 Å². The highest BCUT2D eigenvalue weighted by Gasteiger charge is 2.46. The molecule has 0 fully saturated rings. The van der Waals surface area contributed by atoms with Crippen LogP contribution in [0.15, 0.2) is 6.07 Å². The molecular weight excluding hydrogens is 386 g/mol. The topological polar surface area (TPSA) is 106 Å². The van der Waals surface area contributed by atoms with E-state index in [-0.39, 0.29) is 36.1 Å². The Labute approximate surface area is 178 Å². The third-order valence-electron chi connectivity index (χ3n) is 5.29. The molecule has 2 rings (SSSR count). The molecule has 0 aromatic carbocycles. The Morgan fingerprint density at radius 3 is 2.57 bits per heavy atom. The number of aromatic nitrogens is 2. The second-order valence-electron chi connectivity index (χ2n) is 8.68. The van der Waals surface area contributed by atoms with Gasteiger partial charge in [0.25, 0.3) is 11.8 Å². The monoisotopic (exact) mass is 421 g/mol. The highest BCUT2D eigenvalue weighted by atomic mass is 16.5. The number of fused-ring (bicyclic) bond motifs is 1. The number of nitrogens with one attached hydrogen (secondary N) is 2. The van der Waals surface area contributed by atoms with Crippen LogP contribution in [0.3, 0.4) is 0 Å². The maximum Gasteiger partial charge on any atom is 0.272 e. The molecule has 0 saturated carbocycles. The zero-order valence-electron chi connectivity index (χ0n) is 18.9. The molecule has 0 saturated heterocycles. The average Bonchev–Trinajstić information content (AvgIpc) is 3.09. The quantitative estimate of drug-likeness (QED) is 0.556. The van der Waals surface area contributed by atoms with Crippen molar-refractivity contribution in [1.29, 1.82) is 0 Å². The van der Waals surface area contributed by atoms with E-state index in [9.17, 15) is 14.4 Å². The van der Waals surface area contributed by atoms with Gasteiger partial charge in [-0.05, 0) is 39.5 Å². The standard InChI is InChI=1S/C21H35N5O4/c1-14(2)8-10-23-20(29)21(5)13-26-17(19(28)25(21)6)12-16(24-26)18(27)22-9-7-11-30-15(3)4/h12,14-15H,7-11,13H2,1-6H3,(H,22,27)(H,23,29)/t21-/m0/s1. The number of carbonyl (C=O) groups is 3. The Bertz CT molecular complexity index is 773. The molecule has 1 aliphatic rings. The van der Waals surface area contributed by atoms with E-state index in [1.165, 1.54) is 15.6 Å². The number of hydrogen-bond donors (Lipinski definition) is 2. The molecule has 0 radical (unpaired) electrons. The van der Waals surface area contributed by atoms with E-state index in [1.54, 1.807) is 14.0 Å². The third kappa shape index (κ3) is 5.59. The van der Waals surface area contributed by atoms with Gasteiger partial charge in [0.05, 0.1) is 12.6 Å². The molecule has 9 heteroatoms. The lowest BCUT2D eigenvalue weighted by Gasteiger charge is -2.40. The Kier molecular flexibility index (Phi) is 8.00. The normalized spacial score (nSPS) is 18.7. The summed E-state index contributed by atoms with van der Waals surface area (Å²) in [5.74, 6) is -0.435. The lowest BCUT2D eigenvalue weighted by atomic mass is 9.95. The molecule has 168 valence electrons. The molecule has 2 N–H and O–H groups in total. The second kappa shape index (κ2) is 10.1. The van der Waals surface area contributed by atoms with Gasteiger partial charge in [0, 0.05) is 32.8 Å². The molecule has 1 atom stereocenters.